The number of rotatable bonds is 9. The average Bonchev–Trinajstić information content (AvgIpc) is 2.78. The topological polar surface area (TPSA) is 110 Å². The molecule has 3 rings (SSSR count). The second-order valence-corrected chi connectivity index (χ2v) is 9.61. The molecule has 0 aliphatic heterocycles. The van der Waals surface area contributed by atoms with Gasteiger partial charge in [-0.25, -0.2) is 8.42 Å². The number of hydrogen-bond acceptors (Lipinski definition) is 5. The van der Waals surface area contributed by atoms with Gasteiger partial charge >= 0.3 is 0 Å². The Morgan fingerprint density at radius 2 is 1.73 bits per heavy atom. The molecule has 172 valence electrons. The number of benzene rings is 3. The van der Waals surface area contributed by atoms with Gasteiger partial charge in [0.25, 0.3) is 5.69 Å². The van der Waals surface area contributed by atoms with Crippen LogP contribution < -0.4 is 5.32 Å². The van der Waals surface area contributed by atoms with Crippen LogP contribution in [0.5, 0.6) is 0 Å². The van der Waals surface area contributed by atoms with Crippen molar-refractivity contribution in [3.63, 3.8) is 0 Å². The summed E-state index contributed by atoms with van der Waals surface area (Å²) in [6.45, 7) is 3.19. The quantitative estimate of drug-likeness (QED) is 0.377. The SMILES string of the molecule is Cc1ccc(C)c(S(=O)(=O)N(CCc2ccccc2)CC(=O)Nc2cccc([N+](=O)[O-])c2)c1. The highest BCUT2D eigenvalue weighted by Gasteiger charge is 2.28. The summed E-state index contributed by atoms with van der Waals surface area (Å²) < 4.78 is 28.2. The smallest absolute Gasteiger partial charge is 0.271 e. The van der Waals surface area contributed by atoms with Gasteiger partial charge < -0.3 is 5.32 Å². The molecule has 0 atom stereocenters. The molecule has 0 aliphatic carbocycles. The van der Waals surface area contributed by atoms with Crippen LogP contribution >= 0.6 is 0 Å². The highest BCUT2D eigenvalue weighted by atomic mass is 32.2. The standard InChI is InChI=1S/C24H25N3O5S/c1-18-11-12-19(2)23(15-18)33(31,32)26(14-13-20-7-4-3-5-8-20)17-24(28)25-21-9-6-10-22(16-21)27(29)30/h3-12,15-16H,13-14,17H2,1-2H3,(H,25,28). The van der Waals surface area contributed by atoms with Crippen LogP contribution in [0.3, 0.4) is 0 Å². The van der Waals surface area contributed by atoms with Gasteiger partial charge in [-0.3, -0.25) is 14.9 Å². The Bertz CT molecular complexity index is 1260. The Hall–Kier alpha value is -3.56. The fourth-order valence-electron chi connectivity index (χ4n) is 3.36. The summed E-state index contributed by atoms with van der Waals surface area (Å²) in [5.74, 6) is -0.586. The Morgan fingerprint density at radius 1 is 1.00 bits per heavy atom. The summed E-state index contributed by atoms with van der Waals surface area (Å²) >= 11 is 0. The second-order valence-electron chi connectivity index (χ2n) is 7.70. The van der Waals surface area contributed by atoms with E-state index in [1.807, 2.05) is 43.3 Å². The number of nitrogens with one attached hydrogen (secondary N) is 1. The number of amides is 1. The molecule has 3 aromatic rings. The number of sulfonamides is 1. The molecule has 0 heterocycles. The lowest BCUT2D eigenvalue weighted by atomic mass is 10.1. The molecule has 3 aromatic carbocycles. The maximum absolute atomic E-state index is 13.5. The van der Waals surface area contributed by atoms with E-state index in [-0.39, 0.29) is 22.8 Å². The average molecular weight is 468 g/mol. The summed E-state index contributed by atoms with van der Waals surface area (Å²) in [5.41, 5.74) is 2.38. The van der Waals surface area contributed by atoms with Crippen molar-refractivity contribution in [1.29, 1.82) is 0 Å². The van der Waals surface area contributed by atoms with Crippen molar-refractivity contribution in [2.45, 2.75) is 25.2 Å². The lowest BCUT2D eigenvalue weighted by Gasteiger charge is -2.23. The zero-order chi connectivity index (χ0) is 24.0. The van der Waals surface area contributed by atoms with Crippen LogP contribution in [0.4, 0.5) is 11.4 Å². The first-order valence-electron chi connectivity index (χ1n) is 10.3. The number of nitrogens with zero attached hydrogens (tertiary/aromatic N) is 2. The number of carbonyl (C=O) groups is 1. The van der Waals surface area contributed by atoms with E-state index >= 15 is 0 Å². The van der Waals surface area contributed by atoms with E-state index < -0.39 is 27.4 Å². The largest absolute Gasteiger partial charge is 0.325 e. The van der Waals surface area contributed by atoms with Crippen LogP contribution in [0.1, 0.15) is 16.7 Å². The molecule has 33 heavy (non-hydrogen) atoms. The van der Waals surface area contributed by atoms with E-state index in [0.29, 0.717) is 12.0 Å². The summed E-state index contributed by atoms with van der Waals surface area (Å²) in [5, 5.41) is 13.6. The van der Waals surface area contributed by atoms with Crippen molar-refractivity contribution in [3.8, 4) is 0 Å². The third-order valence-electron chi connectivity index (χ3n) is 5.11. The second kappa shape index (κ2) is 10.4. The summed E-state index contributed by atoms with van der Waals surface area (Å²) in [4.78, 5) is 23.3. The van der Waals surface area contributed by atoms with Gasteiger partial charge in [-0.15, -0.1) is 0 Å². The minimum absolute atomic E-state index is 0.0993. The minimum atomic E-state index is -3.97. The summed E-state index contributed by atoms with van der Waals surface area (Å²) in [6.07, 6.45) is 0.426. The number of anilines is 1. The molecule has 0 unspecified atom stereocenters. The van der Waals surface area contributed by atoms with Gasteiger partial charge in [-0.2, -0.15) is 4.31 Å². The van der Waals surface area contributed by atoms with E-state index in [1.165, 1.54) is 24.3 Å². The fraction of sp³-hybridized carbons (Fsp3) is 0.208. The zero-order valence-corrected chi connectivity index (χ0v) is 19.2. The van der Waals surface area contributed by atoms with Gasteiger partial charge in [-0.05, 0) is 49.1 Å². The van der Waals surface area contributed by atoms with Crippen LogP contribution in [-0.4, -0.2) is 36.6 Å². The molecule has 0 radical (unpaired) electrons. The molecule has 9 heteroatoms. The molecule has 0 saturated heterocycles. The zero-order valence-electron chi connectivity index (χ0n) is 18.4. The fourth-order valence-corrected chi connectivity index (χ4v) is 5.07. The predicted molar refractivity (Wildman–Crippen MR) is 127 cm³/mol. The van der Waals surface area contributed by atoms with Crippen molar-refractivity contribution in [3.05, 3.63) is 99.6 Å². The maximum atomic E-state index is 13.5. The van der Waals surface area contributed by atoms with Crippen molar-refractivity contribution in [1.82, 2.24) is 4.31 Å². The monoisotopic (exact) mass is 467 g/mol. The van der Waals surface area contributed by atoms with Crippen LogP contribution in [0.15, 0.2) is 77.7 Å². The molecule has 0 bridgehead atoms. The van der Waals surface area contributed by atoms with Crippen LogP contribution in [0.2, 0.25) is 0 Å². The van der Waals surface area contributed by atoms with Crippen LogP contribution in [-0.2, 0) is 21.2 Å². The maximum Gasteiger partial charge on any atom is 0.271 e. The first kappa shape index (κ1) is 24.1. The van der Waals surface area contributed by atoms with Crippen LogP contribution in [0.25, 0.3) is 0 Å². The Morgan fingerprint density at radius 3 is 2.42 bits per heavy atom. The molecule has 1 N–H and O–H groups in total. The lowest BCUT2D eigenvalue weighted by molar-refractivity contribution is -0.384. The Labute approximate surface area is 193 Å². The van der Waals surface area contributed by atoms with Crippen molar-refractivity contribution >= 4 is 27.3 Å². The molecule has 8 nitrogen and oxygen atoms in total. The van der Waals surface area contributed by atoms with Gasteiger partial charge in [0.05, 0.1) is 16.4 Å². The number of non-ortho nitro benzene ring substituents is 1. The number of hydrogen-bond donors (Lipinski definition) is 1. The third-order valence-corrected chi connectivity index (χ3v) is 7.10. The molecule has 0 aromatic heterocycles. The third kappa shape index (κ3) is 6.24. The molecule has 0 spiro atoms. The molecule has 0 saturated carbocycles. The van der Waals surface area contributed by atoms with Gasteiger partial charge in [0, 0.05) is 24.4 Å². The van der Waals surface area contributed by atoms with Gasteiger partial charge in [0.1, 0.15) is 0 Å². The number of aryl methyl sites for hydroxylation is 2. The predicted octanol–water partition coefficient (Wildman–Crippen LogP) is 4.08. The van der Waals surface area contributed by atoms with Gasteiger partial charge in [0.15, 0.2) is 0 Å². The molecule has 0 fully saturated rings. The van der Waals surface area contributed by atoms with Gasteiger partial charge in [-0.1, -0.05) is 48.5 Å². The van der Waals surface area contributed by atoms with Crippen molar-refractivity contribution in [2.75, 3.05) is 18.4 Å². The Balaban J connectivity index is 1.86. The van der Waals surface area contributed by atoms with Crippen molar-refractivity contribution < 1.29 is 18.1 Å². The van der Waals surface area contributed by atoms with E-state index in [0.717, 1.165) is 15.4 Å². The number of carbonyl (C=O) groups excluding carboxylic acids is 1. The molecule has 1 amide bonds. The lowest BCUT2D eigenvalue weighted by Crippen LogP contribution is -2.39. The van der Waals surface area contributed by atoms with E-state index in [1.54, 1.807) is 19.1 Å². The van der Waals surface area contributed by atoms with E-state index in [9.17, 15) is 23.3 Å². The van der Waals surface area contributed by atoms with Crippen molar-refractivity contribution in [2.24, 2.45) is 0 Å². The van der Waals surface area contributed by atoms with Gasteiger partial charge in [0.2, 0.25) is 15.9 Å². The van der Waals surface area contributed by atoms with Crippen LogP contribution in [0, 0.1) is 24.0 Å². The first-order chi connectivity index (χ1) is 15.7. The molecule has 0 aliphatic rings. The summed E-state index contributed by atoms with van der Waals surface area (Å²) in [7, 11) is -3.97. The Kier molecular flexibility index (Phi) is 7.57. The van der Waals surface area contributed by atoms with E-state index in [2.05, 4.69) is 5.32 Å². The number of nitro groups is 1. The molecular formula is C24H25N3O5S. The normalized spacial score (nSPS) is 11.4. The highest BCUT2D eigenvalue weighted by molar-refractivity contribution is 7.89. The highest BCUT2D eigenvalue weighted by Crippen LogP contribution is 2.22. The first-order valence-corrected chi connectivity index (χ1v) is 11.8. The summed E-state index contributed by atoms with van der Waals surface area (Å²) in [6, 6.07) is 20.1. The molecular weight excluding hydrogens is 442 g/mol. The minimum Gasteiger partial charge on any atom is -0.325 e. The van der Waals surface area contributed by atoms with E-state index in [4.69, 9.17) is 0 Å². The number of nitro benzene ring substituents is 1.